The van der Waals surface area contributed by atoms with E-state index in [2.05, 4.69) is 0 Å². The average Bonchev–Trinajstić information content (AvgIpc) is 0.811. The summed E-state index contributed by atoms with van der Waals surface area (Å²) in [5.41, 5.74) is 0. The van der Waals surface area contributed by atoms with Gasteiger partial charge in [0.25, 0.3) is 11.4 Å². The Balaban J connectivity index is -0.0000000150. The van der Waals surface area contributed by atoms with Crippen molar-refractivity contribution < 1.29 is 64.4 Å². The maximum Gasteiger partial charge on any atom is 1.00 e. The minimum Gasteiger partial charge on any atom is -1.00 e. The second-order valence-electron chi connectivity index (χ2n) is 0.231. The van der Waals surface area contributed by atoms with Crippen LogP contribution in [0.3, 0.4) is 0 Å². The van der Waals surface area contributed by atoms with E-state index in [1.54, 1.807) is 0 Å². The molecule has 0 saturated carbocycles. The van der Waals surface area contributed by atoms with Crippen LogP contribution in [0.1, 0.15) is 1.43 Å². The van der Waals surface area contributed by atoms with Gasteiger partial charge in [0.1, 0.15) is 0 Å². The summed E-state index contributed by atoms with van der Waals surface area (Å²) in [4.78, 5) is 0. The summed E-state index contributed by atoms with van der Waals surface area (Å²) >= 11 is -2.61. The van der Waals surface area contributed by atoms with Crippen LogP contribution < -0.4 is 29.6 Å². The maximum absolute atomic E-state index is 8.67. The van der Waals surface area contributed by atoms with Crippen molar-refractivity contribution in [2.75, 3.05) is 0 Å². The molecule has 0 aliphatic carbocycles. The first-order valence-electron chi connectivity index (χ1n) is 0.532. The van der Waals surface area contributed by atoms with Gasteiger partial charge in [0.2, 0.25) is 0 Å². The van der Waals surface area contributed by atoms with E-state index in [0.717, 1.165) is 0 Å². The maximum atomic E-state index is 8.67. The van der Waals surface area contributed by atoms with Crippen LogP contribution in [0.15, 0.2) is 0 Å². The van der Waals surface area contributed by atoms with Crippen molar-refractivity contribution in [3.8, 4) is 0 Å². The van der Waals surface area contributed by atoms with Crippen molar-refractivity contribution >= 4 is 11.4 Å². The van der Waals surface area contributed by atoms with Crippen LogP contribution in [-0.2, 0) is 31.5 Å². The normalized spacial score (nSPS) is 5.83. The summed E-state index contributed by atoms with van der Waals surface area (Å²) in [7, 11) is 0. The van der Waals surface area contributed by atoms with Crippen LogP contribution in [0.2, 0.25) is 0 Å². The molecule has 0 aliphatic heterocycles. The van der Waals surface area contributed by atoms with Gasteiger partial charge in [0.05, 0.1) is 0 Å². The Morgan fingerprint density at radius 3 is 1.50 bits per heavy atom. The van der Waals surface area contributed by atoms with Gasteiger partial charge in [-0.05, 0) is 0 Å². The Kier molecular flexibility index (Phi) is 25.7. The van der Waals surface area contributed by atoms with Gasteiger partial charge in [0, 0.05) is 20.1 Å². The molecule has 2 N–H and O–H groups in total. The molecule has 0 aromatic heterocycles. The molecule has 37 valence electrons. The van der Waals surface area contributed by atoms with Crippen LogP contribution in [0.25, 0.3) is 0 Å². The van der Waals surface area contributed by atoms with E-state index in [-0.39, 0.29) is 51.1 Å². The zero-order chi connectivity index (χ0) is 3.58. The molecule has 0 aliphatic rings. The van der Waals surface area contributed by atoms with Gasteiger partial charge in [0.15, 0.2) is 0 Å². The van der Waals surface area contributed by atoms with Crippen molar-refractivity contribution in [1.82, 2.24) is 0 Å². The SMILES string of the molecule is O=S(O)O.[H-].[Ir].[Na+]. The van der Waals surface area contributed by atoms with E-state index in [9.17, 15) is 0 Å². The van der Waals surface area contributed by atoms with Crippen molar-refractivity contribution in [1.29, 1.82) is 0 Å². The van der Waals surface area contributed by atoms with Crippen molar-refractivity contribution in [2.45, 2.75) is 0 Å². The van der Waals surface area contributed by atoms with E-state index in [0.29, 0.717) is 0 Å². The van der Waals surface area contributed by atoms with E-state index < -0.39 is 11.4 Å². The third-order valence-electron chi connectivity index (χ3n) is 0. The molecule has 6 heteroatoms. The molecule has 0 aromatic rings. The molecule has 0 bridgehead atoms. The van der Waals surface area contributed by atoms with E-state index in [1.165, 1.54) is 0 Å². The van der Waals surface area contributed by atoms with Gasteiger partial charge in [-0.3, -0.25) is 9.11 Å². The van der Waals surface area contributed by atoms with E-state index in [4.69, 9.17) is 13.3 Å². The van der Waals surface area contributed by atoms with E-state index in [1.807, 2.05) is 0 Å². The molecule has 0 unspecified atom stereocenters. The third kappa shape index (κ3) is 43.1. The largest absolute Gasteiger partial charge is 1.00 e. The molecular weight excluding hydrogens is 295 g/mol. The molecule has 0 saturated heterocycles. The Morgan fingerprint density at radius 2 is 1.50 bits per heavy atom. The minimum absolute atomic E-state index is 0. The smallest absolute Gasteiger partial charge is 1.00 e. The van der Waals surface area contributed by atoms with Crippen LogP contribution in [-0.4, -0.2) is 13.3 Å². The van der Waals surface area contributed by atoms with Crippen LogP contribution in [0.5, 0.6) is 0 Å². The van der Waals surface area contributed by atoms with Gasteiger partial charge in [-0.25, -0.2) is 0 Å². The van der Waals surface area contributed by atoms with Gasteiger partial charge >= 0.3 is 29.6 Å². The molecule has 0 amide bonds. The quantitative estimate of drug-likeness (QED) is 0.366. The second-order valence-corrected chi connectivity index (χ2v) is 0.692. The first-order chi connectivity index (χ1) is 1.73. The molecule has 0 heterocycles. The topological polar surface area (TPSA) is 57.5 Å². The standard InChI is InChI=1S/Ir.Na.H2O3S.H/c;;1-4(2)3;/h;;(H2,1,2,3);/q;+1;;-1. The fourth-order valence-electron chi connectivity index (χ4n) is 0. The fourth-order valence-corrected chi connectivity index (χ4v) is 0. The zero-order valence-electron chi connectivity index (χ0n) is 4.04. The molecular formula is H3IrNaO3S. The Labute approximate surface area is 75.1 Å². The molecule has 0 rings (SSSR count). The molecule has 6 heavy (non-hydrogen) atoms. The van der Waals surface area contributed by atoms with Gasteiger partial charge in [-0.1, -0.05) is 0 Å². The monoisotopic (exact) mass is 299 g/mol. The Bertz CT molecular complexity index is 37.9. The summed E-state index contributed by atoms with van der Waals surface area (Å²) < 4.78 is 22.8. The summed E-state index contributed by atoms with van der Waals surface area (Å²) in [6.07, 6.45) is 0. The summed E-state index contributed by atoms with van der Waals surface area (Å²) in [5.74, 6) is 0. The molecule has 1 radical (unpaired) electrons. The number of hydrogen-bond acceptors (Lipinski definition) is 1. The number of rotatable bonds is 0. The van der Waals surface area contributed by atoms with Crippen LogP contribution >= 0.6 is 0 Å². The molecule has 0 spiro atoms. The second kappa shape index (κ2) is 9.87. The molecule has 0 aromatic carbocycles. The van der Waals surface area contributed by atoms with Crippen LogP contribution in [0, 0.1) is 0 Å². The van der Waals surface area contributed by atoms with Crippen molar-refractivity contribution in [2.24, 2.45) is 0 Å². The predicted molar refractivity (Wildman–Crippen MR) is 14.5 cm³/mol. The predicted octanol–water partition coefficient (Wildman–Crippen LogP) is -3.20. The summed E-state index contributed by atoms with van der Waals surface area (Å²) in [5, 5.41) is 0. The summed E-state index contributed by atoms with van der Waals surface area (Å²) in [6.45, 7) is 0. The Morgan fingerprint density at radius 1 is 1.50 bits per heavy atom. The molecule has 0 atom stereocenters. The van der Waals surface area contributed by atoms with Crippen molar-refractivity contribution in [3.63, 3.8) is 0 Å². The average molecular weight is 298 g/mol. The van der Waals surface area contributed by atoms with Crippen LogP contribution in [0.4, 0.5) is 0 Å². The fraction of sp³-hybridized carbons (Fsp3) is 0. The molecule has 0 fully saturated rings. The number of hydrogen-bond donors (Lipinski definition) is 2. The Hall–Kier alpha value is 1.72. The first kappa shape index (κ1) is 15.6. The first-order valence-corrected chi connectivity index (χ1v) is 1.60. The minimum atomic E-state index is -2.61. The van der Waals surface area contributed by atoms with Crippen molar-refractivity contribution in [3.05, 3.63) is 0 Å². The molecule has 3 nitrogen and oxygen atoms in total. The van der Waals surface area contributed by atoms with Gasteiger partial charge < -0.3 is 1.43 Å². The zero-order valence-corrected chi connectivity index (χ0v) is 8.26. The van der Waals surface area contributed by atoms with Gasteiger partial charge in [-0.2, -0.15) is 4.21 Å². The van der Waals surface area contributed by atoms with Gasteiger partial charge in [-0.15, -0.1) is 0 Å². The summed E-state index contributed by atoms with van der Waals surface area (Å²) in [6, 6.07) is 0. The van der Waals surface area contributed by atoms with E-state index >= 15 is 0 Å². The third-order valence-corrected chi connectivity index (χ3v) is 0.